The van der Waals surface area contributed by atoms with Crippen molar-refractivity contribution in [3.05, 3.63) is 59.2 Å². The zero-order valence-electron chi connectivity index (χ0n) is 11.1. The molecule has 0 amide bonds. The second-order valence-corrected chi connectivity index (χ2v) is 4.30. The molecule has 0 aliphatic carbocycles. The summed E-state index contributed by atoms with van der Waals surface area (Å²) >= 11 is 0. The molecule has 0 bridgehead atoms. The lowest BCUT2D eigenvalue weighted by Gasteiger charge is -2.09. The molecule has 0 atom stereocenters. The van der Waals surface area contributed by atoms with E-state index in [9.17, 15) is 4.79 Å². The van der Waals surface area contributed by atoms with Crippen molar-refractivity contribution in [1.29, 1.82) is 0 Å². The van der Waals surface area contributed by atoms with Gasteiger partial charge in [-0.25, -0.2) is 0 Å². The number of carbonyl (C=O) groups is 1. The van der Waals surface area contributed by atoms with Crippen molar-refractivity contribution in [1.82, 2.24) is 0 Å². The van der Waals surface area contributed by atoms with Crippen LogP contribution in [0.15, 0.2) is 42.5 Å². The van der Waals surface area contributed by atoms with Crippen molar-refractivity contribution >= 4 is 6.29 Å². The van der Waals surface area contributed by atoms with E-state index in [1.807, 2.05) is 19.1 Å². The third-order valence-corrected chi connectivity index (χ3v) is 2.86. The molecule has 0 heterocycles. The van der Waals surface area contributed by atoms with Crippen LogP contribution in [0.2, 0.25) is 0 Å². The number of aldehydes is 1. The number of rotatable bonds is 5. The molecule has 19 heavy (non-hydrogen) atoms. The normalized spacial score (nSPS) is 10.0. The van der Waals surface area contributed by atoms with E-state index in [2.05, 4.69) is 12.1 Å². The van der Waals surface area contributed by atoms with Gasteiger partial charge in [-0.2, -0.15) is 0 Å². The van der Waals surface area contributed by atoms with Gasteiger partial charge in [0.2, 0.25) is 0 Å². The molecular weight excluding hydrogens is 240 g/mol. The zero-order chi connectivity index (χ0) is 13.7. The van der Waals surface area contributed by atoms with Crippen molar-refractivity contribution in [2.24, 2.45) is 0 Å². The third kappa shape index (κ3) is 3.35. The molecule has 0 aromatic heterocycles. The van der Waals surface area contributed by atoms with Gasteiger partial charge in [0.15, 0.2) is 6.29 Å². The van der Waals surface area contributed by atoms with Gasteiger partial charge in [-0.15, -0.1) is 0 Å². The van der Waals surface area contributed by atoms with Gasteiger partial charge in [0.1, 0.15) is 18.1 Å². The van der Waals surface area contributed by atoms with Crippen molar-refractivity contribution in [3.8, 4) is 11.5 Å². The number of benzene rings is 2. The number of aryl methyl sites for hydroxylation is 1. The first-order valence-electron chi connectivity index (χ1n) is 6.04. The lowest BCUT2D eigenvalue weighted by Crippen LogP contribution is -1.97. The van der Waals surface area contributed by atoms with E-state index in [-0.39, 0.29) is 0 Å². The van der Waals surface area contributed by atoms with Crippen molar-refractivity contribution in [2.45, 2.75) is 13.5 Å². The Morgan fingerprint density at radius 3 is 2.47 bits per heavy atom. The summed E-state index contributed by atoms with van der Waals surface area (Å²) in [4.78, 5) is 10.8. The van der Waals surface area contributed by atoms with Crippen molar-refractivity contribution in [3.63, 3.8) is 0 Å². The average Bonchev–Trinajstić information content (AvgIpc) is 2.46. The monoisotopic (exact) mass is 256 g/mol. The fourth-order valence-corrected chi connectivity index (χ4v) is 1.73. The molecule has 0 spiro atoms. The topological polar surface area (TPSA) is 35.5 Å². The summed E-state index contributed by atoms with van der Waals surface area (Å²) in [6, 6.07) is 13.3. The Hall–Kier alpha value is -2.29. The standard InChI is InChI=1S/C16H16O3/c1-12-3-5-13(6-4-12)11-19-15-8-7-14(10-17)16(9-15)18-2/h3-10H,11H2,1-2H3. The zero-order valence-corrected chi connectivity index (χ0v) is 11.1. The van der Waals surface area contributed by atoms with Crippen LogP contribution in [0.3, 0.4) is 0 Å². The highest BCUT2D eigenvalue weighted by Crippen LogP contribution is 2.24. The highest BCUT2D eigenvalue weighted by molar-refractivity contribution is 5.79. The minimum atomic E-state index is 0.490. The second-order valence-electron chi connectivity index (χ2n) is 4.30. The molecule has 2 aromatic carbocycles. The number of ether oxygens (including phenoxy) is 2. The Morgan fingerprint density at radius 2 is 1.84 bits per heavy atom. The molecule has 0 aliphatic rings. The maximum atomic E-state index is 10.8. The summed E-state index contributed by atoms with van der Waals surface area (Å²) in [7, 11) is 1.53. The van der Waals surface area contributed by atoms with Crippen LogP contribution in [0.4, 0.5) is 0 Å². The lowest BCUT2D eigenvalue weighted by atomic mass is 10.2. The molecule has 0 saturated heterocycles. The predicted octanol–water partition coefficient (Wildman–Crippen LogP) is 3.40. The average molecular weight is 256 g/mol. The van der Waals surface area contributed by atoms with Gasteiger partial charge >= 0.3 is 0 Å². The minimum Gasteiger partial charge on any atom is -0.496 e. The first-order valence-corrected chi connectivity index (χ1v) is 6.04. The van der Waals surface area contributed by atoms with E-state index in [4.69, 9.17) is 9.47 Å². The Balaban J connectivity index is 2.07. The van der Waals surface area contributed by atoms with E-state index in [1.165, 1.54) is 12.7 Å². The van der Waals surface area contributed by atoms with E-state index in [1.54, 1.807) is 18.2 Å². The van der Waals surface area contributed by atoms with Crippen LogP contribution in [0.5, 0.6) is 11.5 Å². The van der Waals surface area contributed by atoms with Gasteiger partial charge in [0, 0.05) is 6.07 Å². The molecule has 0 N–H and O–H groups in total. The molecule has 0 aliphatic heterocycles. The van der Waals surface area contributed by atoms with Crippen LogP contribution in [-0.4, -0.2) is 13.4 Å². The van der Waals surface area contributed by atoms with Crippen LogP contribution < -0.4 is 9.47 Å². The molecule has 0 saturated carbocycles. The van der Waals surface area contributed by atoms with Crippen LogP contribution in [-0.2, 0) is 6.61 Å². The summed E-state index contributed by atoms with van der Waals surface area (Å²) in [6.07, 6.45) is 0.766. The van der Waals surface area contributed by atoms with Gasteiger partial charge in [0.05, 0.1) is 12.7 Å². The first kappa shape index (κ1) is 13.1. The number of hydrogen-bond donors (Lipinski definition) is 0. The van der Waals surface area contributed by atoms with Gasteiger partial charge in [-0.05, 0) is 24.6 Å². The molecule has 3 nitrogen and oxygen atoms in total. The molecule has 2 rings (SSSR count). The third-order valence-electron chi connectivity index (χ3n) is 2.86. The highest BCUT2D eigenvalue weighted by Gasteiger charge is 2.04. The van der Waals surface area contributed by atoms with Gasteiger partial charge < -0.3 is 9.47 Å². The van der Waals surface area contributed by atoms with E-state index in [0.29, 0.717) is 23.7 Å². The summed E-state index contributed by atoms with van der Waals surface area (Å²) in [6.45, 7) is 2.54. The van der Waals surface area contributed by atoms with Crippen molar-refractivity contribution < 1.29 is 14.3 Å². The minimum absolute atomic E-state index is 0.490. The SMILES string of the molecule is COc1cc(OCc2ccc(C)cc2)ccc1C=O. The van der Waals surface area contributed by atoms with E-state index < -0.39 is 0 Å². The van der Waals surface area contributed by atoms with E-state index >= 15 is 0 Å². The van der Waals surface area contributed by atoms with Crippen LogP contribution >= 0.6 is 0 Å². The molecule has 0 radical (unpaired) electrons. The second kappa shape index (κ2) is 6.05. The fraction of sp³-hybridized carbons (Fsp3) is 0.188. The lowest BCUT2D eigenvalue weighted by molar-refractivity contribution is 0.112. The Bertz CT molecular complexity index is 559. The summed E-state index contributed by atoms with van der Waals surface area (Å²) < 4.78 is 10.8. The number of hydrogen-bond acceptors (Lipinski definition) is 3. The Labute approximate surface area is 112 Å². The largest absolute Gasteiger partial charge is 0.496 e. The molecule has 0 unspecified atom stereocenters. The smallest absolute Gasteiger partial charge is 0.153 e. The molecule has 0 fully saturated rings. The molecular formula is C16H16O3. The predicted molar refractivity (Wildman–Crippen MR) is 73.9 cm³/mol. The van der Waals surface area contributed by atoms with Gasteiger partial charge in [0.25, 0.3) is 0 Å². The van der Waals surface area contributed by atoms with Crippen LogP contribution in [0, 0.1) is 6.92 Å². The maximum Gasteiger partial charge on any atom is 0.153 e. The highest BCUT2D eigenvalue weighted by atomic mass is 16.5. The Kier molecular flexibility index (Phi) is 4.18. The van der Waals surface area contributed by atoms with Crippen LogP contribution in [0.1, 0.15) is 21.5 Å². The molecule has 2 aromatic rings. The number of methoxy groups -OCH3 is 1. The first-order chi connectivity index (χ1) is 9.22. The summed E-state index contributed by atoms with van der Waals surface area (Å²) in [5.41, 5.74) is 2.84. The van der Waals surface area contributed by atoms with Gasteiger partial charge in [-0.3, -0.25) is 4.79 Å². The number of carbonyl (C=O) groups excluding carboxylic acids is 1. The maximum absolute atomic E-state index is 10.8. The van der Waals surface area contributed by atoms with Gasteiger partial charge in [-0.1, -0.05) is 29.8 Å². The van der Waals surface area contributed by atoms with E-state index in [0.717, 1.165) is 11.8 Å². The molecule has 98 valence electrons. The van der Waals surface area contributed by atoms with Crippen molar-refractivity contribution in [2.75, 3.05) is 7.11 Å². The summed E-state index contributed by atoms with van der Waals surface area (Å²) in [5.74, 6) is 1.21. The summed E-state index contributed by atoms with van der Waals surface area (Å²) in [5, 5.41) is 0. The van der Waals surface area contributed by atoms with Crippen LogP contribution in [0.25, 0.3) is 0 Å². The molecule has 3 heteroatoms. The fourth-order valence-electron chi connectivity index (χ4n) is 1.73. The quantitative estimate of drug-likeness (QED) is 0.769. The Morgan fingerprint density at radius 1 is 1.11 bits per heavy atom.